The van der Waals surface area contributed by atoms with Crippen molar-refractivity contribution in [3.8, 4) is 0 Å². The van der Waals surface area contributed by atoms with Gasteiger partial charge in [0.05, 0.1) is 6.10 Å². The molecule has 2 aliphatic carbocycles. The lowest BCUT2D eigenvalue weighted by atomic mass is 9.76. The van der Waals surface area contributed by atoms with Gasteiger partial charge in [-0.15, -0.1) is 6.58 Å². The first-order valence-corrected chi connectivity index (χ1v) is 13.0. The van der Waals surface area contributed by atoms with Crippen LogP contribution in [0.15, 0.2) is 36.9 Å². The zero-order valence-electron chi connectivity index (χ0n) is 19.8. The van der Waals surface area contributed by atoms with E-state index < -0.39 is 0 Å². The molecule has 2 aliphatic rings. The normalized spacial score (nSPS) is 28.2. The van der Waals surface area contributed by atoms with E-state index in [1.54, 1.807) is 5.56 Å². The first kappa shape index (κ1) is 23.6. The van der Waals surface area contributed by atoms with Gasteiger partial charge in [-0.2, -0.15) is 0 Å². The number of hydrogen-bond acceptors (Lipinski definition) is 1. The number of allylic oxidation sites excluding steroid dienone is 1. The summed E-state index contributed by atoms with van der Waals surface area (Å²) in [5.74, 6) is 3.74. The van der Waals surface area contributed by atoms with Gasteiger partial charge in [0.1, 0.15) is 0 Å². The van der Waals surface area contributed by atoms with Gasteiger partial charge in [-0.25, -0.2) is 0 Å². The number of hydrogen-bond donors (Lipinski definition) is 0. The standard InChI is InChI=1S/C29H46O/c1-4-8-23-11-13-24(14-12-23)9-6-7-10-25-15-17-26(18-16-25)27-19-21-28(22-20-27)29(5-2)30-3/h4,19-26,29H,1,5-18H2,2-3H3/t23-,24-,25-,26-,29?. The number of benzene rings is 1. The van der Waals surface area contributed by atoms with Crippen LogP contribution in [0.3, 0.4) is 0 Å². The molecule has 0 radical (unpaired) electrons. The predicted octanol–water partition coefficient (Wildman–Crippen LogP) is 9.00. The van der Waals surface area contributed by atoms with Crippen molar-refractivity contribution in [3.05, 3.63) is 48.0 Å². The van der Waals surface area contributed by atoms with E-state index in [1.165, 1.54) is 89.0 Å². The molecular formula is C29H46O. The molecular weight excluding hydrogens is 364 g/mol. The third-order valence-corrected chi connectivity index (χ3v) is 8.22. The molecule has 0 aliphatic heterocycles. The van der Waals surface area contributed by atoms with E-state index in [0.717, 1.165) is 30.1 Å². The first-order chi connectivity index (χ1) is 14.7. The Hall–Kier alpha value is -1.08. The molecule has 168 valence electrons. The summed E-state index contributed by atoms with van der Waals surface area (Å²) in [5, 5.41) is 0. The number of rotatable bonds is 11. The van der Waals surface area contributed by atoms with Crippen molar-refractivity contribution in [1.29, 1.82) is 0 Å². The molecule has 2 saturated carbocycles. The van der Waals surface area contributed by atoms with Crippen LogP contribution >= 0.6 is 0 Å². The molecule has 1 unspecified atom stereocenters. The van der Waals surface area contributed by atoms with Gasteiger partial charge in [-0.1, -0.05) is 75.8 Å². The Balaban J connectivity index is 1.30. The highest BCUT2D eigenvalue weighted by molar-refractivity contribution is 5.27. The maximum absolute atomic E-state index is 5.58. The summed E-state index contributed by atoms with van der Waals surface area (Å²) in [5.41, 5.74) is 2.88. The highest BCUT2D eigenvalue weighted by Crippen LogP contribution is 2.39. The fourth-order valence-electron chi connectivity index (χ4n) is 6.16. The molecule has 0 bridgehead atoms. The summed E-state index contributed by atoms with van der Waals surface area (Å²) in [6.45, 7) is 6.10. The van der Waals surface area contributed by atoms with Gasteiger partial charge in [0.15, 0.2) is 0 Å². The molecule has 0 spiro atoms. The van der Waals surface area contributed by atoms with Crippen LogP contribution in [0.1, 0.15) is 120 Å². The molecule has 1 heteroatoms. The Morgan fingerprint density at radius 1 is 0.867 bits per heavy atom. The summed E-state index contributed by atoms with van der Waals surface area (Å²) in [6, 6.07) is 9.32. The Morgan fingerprint density at radius 2 is 1.40 bits per heavy atom. The first-order valence-electron chi connectivity index (χ1n) is 13.0. The predicted molar refractivity (Wildman–Crippen MR) is 130 cm³/mol. The third-order valence-electron chi connectivity index (χ3n) is 8.22. The number of methoxy groups -OCH3 is 1. The Kier molecular flexibility index (Phi) is 9.98. The summed E-state index contributed by atoms with van der Waals surface area (Å²) < 4.78 is 5.58. The van der Waals surface area contributed by atoms with E-state index in [9.17, 15) is 0 Å². The lowest BCUT2D eigenvalue weighted by Crippen LogP contribution is -2.15. The topological polar surface area (TPSA) is 9.23 Å². The molecule has 0 amide bonds. The van der Waals surface area contributed by atoms with Crippen LogP contribution in [0.2, 0.25) is 0 Å². The van der Waals surface area contributed by atoms with Crippen LogP contribution in [0, 0.1) is 17.8 Å². The molecule has 1 nitrogen and oxygen atoms in total. The zero-order chi connectivity index (χ0) is 21.2. The van der Waals surface area contributed by atoms with Gasteiger partial charge in [0, 0.05) is 7.11 Å². The highest BCUT2D eigenvalue weighted by atomic mass is 16.5. The number of ether oxygens (including phenoxy) is 1. The minimum absolute atomic E-state index is 0.247. The van der Waals surface area contributed by atoms with Crippen molar-refractivity contribution >= 4 is 0 Å². The SMILES string of the molecule is C=CC[C@H]1CC[C@H](CCCC[C@H]2CC[C@H](c3ccc(C(CC)OC)cc3)CC2)CC1. The zero-order valence-corrected chi connectivity index (χ0v) is 19.8. The van der Waals surface area contributed by atoms with E-state index >= 15 is 0 Å². The van der Waals surface area contributed by atoms with E-state index in [4.69, 9.17) is 4.74 Å². The highest BCUT2D eigenvalue weighted by Gasteiger charge is 2.23. The molecule has 3 rings (SSSR count). The summed E-state index contributed by atoms with van der Waals surface area (Å²) in [7, 11) is 1.82. The minimum Gasteiger partial charge on any atom is -0.377 e. The van der Waals surface area contributed by atoms with Crippen molar-refractivity contribution in [2.24, 2.45) is 17.8 Å². The second-order valence-electron chi connectivity index (χ2n) is 10.2. The minimum atomic E-state index is 0.247. The van der Waals surface area contributed by atoms with E-state index in [1.807, 2.05) is 7.11 Å². The van der Waals surface area contributed by atoms with E-state index in [2.05, 4.69) is 43.8 Å². The van der Waals surface area contributed by atoms with E-state index in [-0.39, 0.29) is 6.10 Å². The fraction of sp³-hybridized carbons (Fsp3) is 0.724. The van der Waals surface area contributed by atoms with Gasteiger partial charge in [-0.05, 0) is 86.2 Å². The second kappa shape index (κ2) is 12.7. The van der Waals surface area contributed by atoms with Crippen LogP contribution in [0.25, 0.3) is 0 Å². The maximum Gasteiger partial charge on any atom is 0.0818 e. The molecule has 0 aromatic heterocycles. The monoisotopic (exact) mass is 410 g/mol. The van der Waals surface area contributed by atoms with Gasteiger partial charge >= 0.3 is 0 Å². The molecule has 0 saturated heterocycles. The summed E-state index contributed by atoms with van der Waals surface area (Å²) in [4.78, 5) is 0. The third kappa shape index (κ3) is 6.98. The molecule has 1 aromatic rings. The van der Waals surface area contributed by atoms with Gasteiger partial charge in [0.2, 0.25) is 0 Å². The van der Waals surface area contributed by atoms with Crippen LogP contribution in [0.5, 0.6) is 0 Å². The van der Waals surface area contributed by atoms with Gasteiger partial charge in [-0.3, -0.25) is 0 Å². The Labute approximate surface area is 186 Å². The summed E-state index contributed by atoms with van der Waals surface area (Å²) in [6.07, 6.45) is 22.1. The van der Waals surface area contributed by atoms with Crippen molar-refractivity contribution in [2.75, 3.05) is 7.11 Å². The lowest BCUT2D eigenvalue weighted by molar-refractivity contribution is 0.100. The molecule has 1 atom stereocenters. The molecule has 0 heterocycles. The quantitative estimate of drug-likeness (QED) is 0.261. The molecule has 2 fully saturated rings. The van der Waals surface area contributed by atoms with Crippen LogP contribution in [-0.4, -0.2) is 7.11 Å². The van der Waals surface area contributed by atoms with Crippen molar-refractivity contribution < 1.29 is 4.74 Å². The van der Waals surface area contributed by atoms with Gasteiger partial charge in [0.25, 0.3) is 0 Å². The average molecular weight is 411 g/mol. The van der Waals surface area contributed by atoms with Crippen molar-refractivity contribution in [2.45, 2.75) is 109 Å². The van der Waals surface area contributed by atoms with Crippen LogP contribution in [-0.2, 0) is 4.74 Å². The van der Waals surface area contributed by atoms with Gasteiger partial charge < -0.3 is 4.74 Å². The van der Waals surface area contributed by atoms with Crippen molar-refractivity contribution in [1.82, 2.24) is 0 Å². The largest absolute Gasteiger partial charge is 0.377 e. The van der Waals surface area contributed by atoms with Crippen LogP contribution < -0.4 is 0 Å². The second-order valence-corrected chi connectivity index (χ2v) is 10.2. The summed E-state index contributed by atoms with van der Waals surface area (Å²) >= 11 is 0. The lowest BCUT2D eigenvalue weighted by Gasteiger charge is -2.30. The molecule has 30 heavy (non-hydrogen) atoms. The Morgan fingerprint density at radius 3 is 1.90 bits per heavy atom. The van der Waals surface area contributed by atoms with Crippen molar-refractivity contribution in [3.63, 3.8) is 0 Å². The average Bonchev–Trinajstić information content (AvgIpc) is 2.80. The number of unbranched alkanes of at least 4 members (excludes halogenated alkanes) is 1. The Bertz CT molecular complexity index is 583. The molecule has 0 N–H and O–H groups in total. The fourth-order valence-corrected chi connectivity index (χ4v) is 6.16. The maximum atomic E-state index is 5.58. The van der Waals surface area contributed by atoms with E-state index in [0.29, 0.717) is 0 Å². The molecule has 1 aromatic carbocycles. The van der Waals surface area contributed by atoms with Crippen LogP contribution in [0.4, 0.5) is 0 Å². The smallest absolute Gasteiger partial charge is 0.0818 e.